The second-order valence-electron chi connectivity index (χ2n) is 5.21. The minimum atomic E-state index is -3.60. The molecule has 0 radical (unpaired) electrons. The van der Waals surface area contributed by atoms with Crippen molar-refractivity contribution in [3.8, 4) is 5.75 Å². The SMILES string of the molecule is COc1ccc(C)cc1NC(=O)CCNS(=O)(=O)c1ccccc1. The van der Waals surface area contributed by atoms with Crippen LogP contribution in [0.5, 0.6) is 5.75 Å². The summed E-state index contributed by atoms with van der Waals surface area (Å²) < 4.78 is 31.7. The van der Waals surface area contributed by atoms with E-state index in [4.69, 9.17) is 4.74 Å². The Morgan fingerprint density at radius 2 is 1.83 bits per heavy atom. The van der Waals surface area contributed by atoms with Gasteiger partial charge in [-0.15, -0.1) is 0 Å². The van der Waals surface area contributed by atoms with Gasteiger partial charge in [-0.3, -0.25) is 4.79 Å². The van der Waals surface area contributed by atoms with E-state index in [0.29, 0.717) is 11.4 Å². The van der Waals surface area contributed by atoms with E-state index in [2.05, 4.69) is 10.0 Å². The largest absolute Gasteiger partial charge is 0.495 e. The van der Waals surface area contributed by atoms with Crippen LogP contribution in [-0.4, -0.2) is 28.0 Å². The summed E-state index contributed by atoms with van der Waals surface area (Å²) in [6, 6.07) is 13.5. The number of methoxy groups -OCH3 is 1. The van der Waals surface area contributed by atoms with E-state index in [-0.39, 0.29) is 23.8 Å². The standard InChI is InChI=1S/C17H20N2O4S/c1-13-8-9-16(23-2)15(12-13)19-17(20)10-11-18-24(21,22)14-6-4-3-5-7-14/h3-9,12,18H,10-11H2,1-2H3,(H,19,20). The monoisotopic (exact) mass is 348 g/mol. The second-order valence-corrected chi connectivity index (χ2v) is 6.98. The fourth-order valence-electron chi connectivity index (χ4n) is 2.11. The predicted octanol–water partition coefficient (Wildman–Crippen LogP) is 2.31. The Labute approximate surface area is 141 Å². The van der Waals surface area contributed by atoms with Gasteiger partial charge in [-0.2, -0.15) is 0 Å². The summed E-state index contributed by atoms with van der Waals surface area (Å²) in [6.07, 6.45) is 0.0170. The third kappa shape index (κ3) is 4.81. The molecule has 7 heteroatoms. The van der Waals surface area contributed by atoms with Crippen molar-refractivity contribution in [3.63, 3.8) is 0 Å². The first kappa shape index (κ1) is 18.0. The van der Waals surface area contributed by atoms with Crippen molar-refractivity contribution < 1.29 is 17.9 Å². The molecule has 0 unspecified atom stereocenters. The lowest BCUT2D eigenvalue weighted by Gasteiger charge is -2.11. The summed E-state index contributed by atoms with van der Waals surface area (Å²) in [5.74, 6) is 0.258. The van der Waals surface area contributed by atoms with E-state index in [0.717, 1.165) is 5.56 Å². The fourth-order valence-corrected chi connectivity index (χ4v) is 3.17. The highest BCUT2D eigenvalue weighted by Gasteiger charge is 2.14. The van der Waals surface area contributed by atoms with Crippen molar-refractivity contribution in [1.82, 2.24) is 4.72 Å². The first-order valence-electron chi connectivity index (χ1n) is 7.41. The van der Waals surface area contributed by atoms with Gasteiger partial charge in [0.15, 0.2) is 0 Å². The molecule has 2 aromatic carbocycles. The highest BCUT2D eigenvalue weighted by Crippen LogP contribution is 2.25. The molecule has 0 aliphatic carbocycles. The Kier molecular flexibility index (Phi) is 5.94. The number of rotatable bonds is 7. The van der Waals surface area contributed by atoms with Crippen LogP contribution in [0.15, 0.2) is 53.4 Å². The molecule has 6 nitrogen and oxygen atoms in total. The van der Waals surface area contributed by atoms with Gasteiger partial charge < -0.3 is 10.1 Å². The van der Waals surface area contributed by atoms with Crippen LogP contribution in [0.3, 0.4) is 0 Å². The van der Waals surface area contributed by atoms with Gasteiger partial charge in [-0.1, -0.05) is 24.3 Å². The molecule has 0 atom stereocenters. The van der Waals surface area contributed by atoms with Gasteiger partial charge in [0.2, 0.25) is 15.9 Å². The van der Waals surface area contributed by atoms with Crippen LogP contribution in [0.25, 0.3) is 0 Å². The molecule has 24 heavy (non-hydrogen) atoms. The Hall–Kier alpha value is -2.38. The van der Waals surface area contributed by atoms with Crippen LogP contribution >= 0.6 is 0 Å². The smallest absolute Gasteiger partial charge is 0.240 e. The molecule has 2 rings (SSSR count). The molecule has 0 fully saturated rings. The zero-order valence-corrected chi connectivity index (χ0v) is 14.4. The number of hydrogen-bond acceptors (Lipinski definition) is 4. The van der Waals surface area contributed by atoms with Crippen molar-refractivity contribution in [2.24, 2.45) is 0 Å². The lowest BCUT2D eigenvalue weighted by Crippen LogP contribution is -2.27. The van der Waals surface area contributed by atoms with Crippen LogP contribution in [0.4, 0.5) is 5.69 Å². The quantitative estimate of drug-likeness (QED) is 0.804. The predicted molar refractivity (Wildman–Crippen MR) is 92.6 cm³/mol. The normalized spacial score (nSPS) is 11.1. The zero-order valence-electron chi connectivity index (χ0n) is 13.6. The van der Waals surface area contributed by atoms with Gasteiger partial charge >= 0.3 is 0 Å². The number of amides is 1. The van der Waals surface area contributed by atoms with Crippen LogP contribution in [0.1, 0.15) is 12.0 Å². The first-order valence-corrected chi connectivity index (χ1v) is 8.90. The van der Waals surface area contributed by atoms with Crippen LogP contribution < -0.4 is 14.8 Å². The molecule has 0 aromatic heterocycles. The minimum absolute atomic E-state index is 0.0111. The molecule has 2 aromatic rings. The maximum Gasteiger partial charge on any atom is 0.240 e. The lowest BCUT2D eigenvalue weighted by atomic mass is 10.2. The number of carbonyl (C=O) groups excluding carboxylic acids is 1. The van der Waals surface area contributed by atoms with Gasteiger partial charge in [0.25, 0.3) is 0 Å². The number of anilines is 1. The number of sulfonamides is 1. The van der Waals surface area contributed by atoms with Gasteiger partial charge in [0.05, 0.1) is 17.7 Å². The third-order valence-corrected chi connectivity index (χ3v) is 4.80. The molecule has 2 N–H and O–H groups in total. The Morgan fingerprint density at radius 3 is 2.50 bits per heavy atom. The average molecular weight is 348 g/mol. The molecule has 0 heterocycles. The van der Waals surface area contributed by atoms with Gasteiger partial charge in [-0.05, 0) is 36.8 Å². The van der Waals surface area contributed by atoms with Crippen molar-refractivity contribution in [2.75, 3.05) is 19.0 Å². The average Bonchev–Trinajstić information content (AvgIpc) is 2.56. The maximum atomic E-state index is 12.1. The summed E-state index contributed by atoms with van der Waals surface area (Å²) in [4.78, 5) is 12.2. The van der Waals surface area contributed by atoms with E-state index in [1.54, 1.807) is 30.3 Å². The summed E-state index contributed by atoms with van der Waals surface area (Å²) in [7, 11) is -2.08. The van der Waals surface area contributed by atoms with E-state index >= 15 is 0 Å². The molecule has 0 spiro atoms. The molecule has 1 amide bonds. The van der Waals surface area contributed by atoms with Crippen LogP contribution in [0, 0.1) is 6.92 Å². The van der Waals surface area contributed by atoms with E-state index in [9.17, 15) is 13.2 Å². The fraction of sp³-hybridized carbons (Fsp3) is 0.235. The Balaban J connectivity index is 1.91. The number of nitrogens with one attached hydrogen (secondary N) is 2. The topological polar surface area (TPSA) is 84.5 Å². The molecular weight excluding hydrogens is 328 g/mol. The number of aryl methyl sites for hydroxylation is 1. The molecule has 0 aliphatic rings. The maximum absolute atomic E-state index is 12.1. The third-order valence-electron chi connectivity index (χ3n) is 3.33. The van der Waals surface area contributed by atoms with Gasteiger partial charge in [0, 0.05) is 13.0 Å². The van der Waals surface area contributed by atoms with Gasteiger partial charge in [0.1, 0.15) is 5.75 Å². The number of benzene rings is 2. The summed E-state index contributed by atoms with van der Waals surface area (Å²) in [5, 5.41) is 2.73. The molecule has 0 saturated carbocycles. The van der Waals surface area contributed by atoms with Gasteiger partial charge in [-0.25, -0.2) is 13.1 Å². The van der Waals surface area contributed by atoms with Crippen molar-refractivity contribution in [2.45, 2.75) is 18.2 Å². The molecule has 0 aliphatic heterocycles. The van der Waals surface area contributed by atoms with Crippen LogP contribution in [-0.2, 0) is 14.8 Å². The summed E-state index contributed by atoms with van der Waals surface area (Å²) in [6.45, 7) is 1.92. The highest BCUT2D eigenvalue weighted by molar-refractivity contribution is 7.89. The number of hydrogen-bond donors (Lipinski definition) is 2. The Bertz CT molecular complexity index is 805. The molecule has 0 bridgehead atoms. The number of carbonyl (C=O) groups is 1. The van der Waals surface area contributed by atoms with E-state index in [1.807, 2.05) is 13.0 Å². The first-order chi connectivity index (χ1) is 11.4. The van der Waals surface area contributed by atoms with E-state index < -0.39 is 10.0 Å². The number of ether oxygens (including phenoxy) is 1. The molecule has 128 valence electrons. The van der Waals surface area contributed by atoms with Crippen molar-refractivity contribution in [1.29, 1.82) is 0 Å². The molecular formula is C17H20N2O4S. The Morgan fingerprint density at radius 1 is 1.12 bits per heavy atom. The summed E-state index contributed by atoms with van der Waals surface area (Å²) >= 11 is 0. The molecule has 0 saturated heterocycles. The van der Waals surface area contributed by atoms with Crippen LogP contribution in [0.2, 0.25) is 0 Å². The lowest BCUT2D eigenvalue weighted by molar-refractivity contribution is -0.116. The second kappa shape index (κ2) is 7.94. The summed E-state index contributed by atoms with van der Waals surface area (Å²) in [5.41, 5.74) is 1.55. The van der Waals surface area contributed by atoms with Crippen molar-refractivity contribution in [3.05, 3.63) is 54.1 Å². The van der Waals surface area contributed by atoms with Crippen molar-refractivity contribution >= 4 is 21.6 Å². The minimum Gasteiger partial charge on any atom is -0.495 e. The highest BCUT2D eigenvalue weighted by atomic mass is 32.2. The van der Waals surface area contributed by atoms with E-state index in [1.165, 1.54) is 19.2 Å². The zero-order chi connectivity index (χ0) is 17.6.